The Bertz CT molecular complexity index is 908. The van der Waals surface area contributed by atoms with Crippen molar-refractivity contribution < 1.29 is 9.59 Å². The molecule has 2 saturated heterocycles. The van der Waals surface area contributed by atoms with Gasteiger partial charge < -0.3 is 14.4 Å². The van der Waals surface area contributed by atoms with Crippen LogP contribution in [0.25, 0.3) is 0 Å². The van der Waals surface area contributed by atoms with Gasteiger partial charge in [-0.25, -0.2) is 4.98 Å². The molecule has 0 bridgehead atoms. The molecule has 0 saturated carbocycles. The van der Waals surface area contributed by atoms with Crippen molar-refractivity contribution in [2.24, 2.45) is 5.92 Å². The van der Waals surface area contributed by atoms with Gasteiger partial charge in [-0.3, -0.25) is 19.1 Å². The number of fused-ring (bicyclic) bond motifs is 1. The van der Waals surface area contributed by atoms with Crippen LogP contribution in [0.2, 0.25) is 0 Å². The van der Waals surface area contributed by atoms with Crippen LogP contribution in [-0.2, 0) is 22.7 Å². The standard InChI is InChI=1S/C19H24N6O3/c1-14(26)25-16(10-24-13-20-12-21-24)8-15-9-23(7-5-17(15)25)19(28)11-22-6-3-2-4-18(22)27/h2-4,6,12-13,15-17H,5,7-11H2,1H3/t15-,16+,17+/m1/s1. The summed E-state index contributed by atoms with van der Waals surface area (Å²) in [5.74, 6) is 0.247. The number of hydrogen-bond donors (Lipinski definition) is 0. The summed E-state index contributed by atoms with van der Waals surface area (Å²) in [5, 5.41) is 4.16. The maximum atomic E-state index is 12.7. The number of nitrogens with zero attached hydrogens (tertiary/aromatic N) is 6. The van der Waals surface area contributed by atoms with Crippen molar-refractivity contribution in [1.82, 2.24) is 29.1 Å². The zero-order valence-corrected chi connectivity index (χ0v) is 15.8. The molecule has 2 aliphatic heterocycles. The molecule has 0 aromatic carbocycles. The average Bonchev–Trinajstić information content (AvgIpc) is 3.30. The molecular formula is C19H24N6O3. The minimum Gasteiger partial charge on any atom is -0.341 e. The Kier molecular flexibility index (Phi) is 4.97. The van der Waals surface area contributed by atoms with Gasteiger partial charge in [-0.15, -0.1) is 0 Å². The summed E-state index contributed by atoms with van der Waals surface area (Å²) < 4.78 is 3.18. The summed E-state index contributed by atoms with van der Waals surface area (Å²) in [6.07, 6.45) is 6.38. The van der Waals surface area contributed by atoms with Crippen molar-refractivity contribution in [1.29, 1.82) is 0 Å². The average molecular weight is 384 g/mol. The lowest BCUT2D eigenvalue weighted by Gasteiger charge is -2.38. The van der Waals surface area contributed by atoms with E-state index in [1.54, 1.807) is 36.3 Å². The van der Waals surface area contributed by atoms with Crippen molar-refractivity contribution in [3.05, 3.63) is 47.4 Å². The number of piperidine rings is 1. The molecule has 9 heteroatoms. The molecule has 28 heavy (non-hydrogen) atoms. The molecule has 9 nitrogen and oxygen atoms in total. The summed E-state index contributed by atoms with van der Waals surface area (Å²) in [4.78, 5) is 44.7. The molecule has 2 aromatic heterocycles. The highest BCUT2D eigenvalue weighted by atomic mass is 16.2. The van der Waals surface area contributed by atoms with Crippen LogP contribution in [0.3, 0.4) is 0 Å². The third-order valence-electron chi connectivity index (χ3n) is 5.80. The molecule has 148 valence electrons. The monoisotopic (exact) mass is 384 g/mol. The van der Waals surface area contributed by atoms with Gasteiger partial charge in [-0.1, -0.05) is 6.07 Å². The quantitative estimate of drug-likeness (QED) is 0.738. The van der Waals surface area contributed by atoms with E-state index in [0.29, 0.717) is 19.6 Å². The van der Waals surface area contributed by atoms with E-state index in [1.165, 1.54) is 17.0 Å². The molecule has 0 radical (unpaired) electrons. The lowest BCUT2D eigenvalue weighted by Crippen LogP contribution is -2.51. The van der Waals surface area contributed by atoms with E-state index in [2.05, 4.69) is 10.1 Å². The Labute approximate surface area is 162 Å². The first-order valence-electron chi connectivity index (χ1n) is 9.57. The fourth-order valence-electron chi connectivity index (χ4n) is 4.61. The van der Waals surface area contributed by atoms with Crippen LogP contribution in [0.5, 0.6) is 0 Å². The first-order valence-corrected chi connectivity index (χ1v) is 9.57. The SMILES string of the molecule is CC(=O)N1[C@H](Cn2cncn2)C[C@@H]2CN(C(=O)Cn3ccccc3=O)CC[C@@H]21. The molecular weight excluding hydrogens is 360 g/mol. The first-order chi connectivity index (χ1) is 13.5. The van der Waals surface area contributed by atoms with Gasteiger partial charge in [0.05, 0.1) is 12.6 Å². The lowest BCUT2D eigenvalue weighted by molar-refractivity contribution is -0.136. The molecule has 2 amide bonds. The van der Waals surface area contributed by atoms with Gasteiger partial charge in [-0.2, -0.15) is 5.10 Å². The Morgan fingerprint density at radius 2 is 2.14 bits per heavy atom. The second kappa shape index (κ2) is 7.57. The van der Waals surface area contributed by atoms with Crippen LogP contribution in [-0.4, -0.2) is 66.1 Å². The van der Waals surface area contributed by atoms with Gasteiger partial charge in [0.2, 0.25) is 11.8 Å². The number of amides is 2. The van der Waals surface area contributed by atoms with Crippen molar-refractivity contribution in [3.63, 3.8) is 0 Å². The summed E-state index contributed by atoms with van der Waals surface area (Å²) in [6, 6.07) is 5.07. The number of carbonyl (C=O) groups excluding carboxylic acids is 2. The maximum absolute atomic E-state index is 12.7. The molecule has 0 spiro atoms. The molecule has 3 atom stereocenters. The van der Waals surface area contributed by atoms with Gasteiger partial charge >= 0.3 is 0 Å². The van der Waals surface area contributed by atoms with Crippen LogP contribution < -0.4 is 5.56 Å². The summed E-state index contributed by atoms with van der Waals surface area (Å²) in [7, 11) is 0. The highest BCUT2D eigenvalue weighted by molar-refractivity contribution is 5.77. The summed E-state index contributed by atoms with van der Waals surface area (Å²) in [5.41, 5.74) is -0.178. The Morgan fingerprint density at radius 3 is 2.86 bits per heavy atom. The predicted molar refractivity (Wildman–Crippen MR) is 100 cm³/mol. The molecule has 4 rings (SSSR count). The predicted octanol–water partition coefficient (Wildman–Crippen LogP) is -0.0221. The molecule has 0 N–H and O–H groups in total. The second-order valence-corrected chi connectivity index (χ2v) is 7.56. The van der Waals surface area contributed by atoms with Gasteiger partial charge in [0.25, 0.3) is 5.56 Å². The van der Waals surface area contributed by atoms with Crippen molar-refractivity contribution in [2.45, 2.75) is 44.9 Å². The van der Waals surface area contributed by atoms with Crippen LogP contribution in [0.4, 0.5) is 0 Å². The van der Waals surface area contributed by atoms with Gasteiger partial charge in [0.1, 0.15) is 19.2 Å². The zero-order valence-electron chi connectivity index (χ0n) is 15.8. The number of likely N-dealkylation sites (tertiary alicyclic amines) is 2. The van der Waals surface area contributed by atoms with Crippen LogP contribution >= 0.6 is 0 Å². The van der Waals surface area contributed by atoms with Crippen LogP contribution in [0.1, 0.15) is 19.8 Å². The van der Waals surface area contributed by atoms with E-state index in [9.17, 15) is 14.4 Å². The van der Waals surface area contributed by atoms with Crippen molar-refractivity contribution in [2.75, 3.05) is 13.1 Å². The Morgan fingerprint density at radius 1 is 1.29 bits per heavy atom. The smallest absolute Gasteiger partial charge is 0.250 e. The third kappa shape index (κ3) is 3.56. The third-order valence-corrected chi connectivity index (χ3v) is 5.80. The van der Waals surface area contributed by atoms with E-state index in [-0.39, 0.29) is 41.9 Å². The molecule has 0 aliphatic carbocycles. The minimum atomic E-state index is -0.178. The molecule has 4 heterocycles. The normalized spacial score (nSPS) is 24.2. The Hall–Kier alpha value is -2.97. The minimum absolute atomic E-state index is 0.0515. The van der Waals surface area contributed by atoms with E-state index < -0.39 is 0 Å². The number of carbonyl (C=O) groups is 2. The fraction of sp³-hybridized carbons (Fsp3) is 0.526. The van der Waals surface area contributed by atoms with E-state index >= 15 is 0 Å². The zero-order chi connectivity index (χ0) is 19.7. The van der Waals surface area contributed by atoms with Crippen molar-refractivity contribution >= 4 is 11.8 Å². The van der Waals surface area contributed by atoms with E-state index in [0.717, 1.165) is 12.8 Å². The first kappa shape index (κ1) is 18.4. The topological polar surface area (TPSA) is 93.3 Å². The van der Waals surface area contributed by atoms with E-state index in [4.69, 9.17) is 0 Å². The number of pyridine rings is 1. The van der Waals surface area contributed by atoms with Crippen LogP contribution in [0.15, 0.2) is 41.8 Å². The van der Waals surface area contributed by atoms with Gasteiger partial charge in [-0.05, 0) is 24.8 Å². The maximum Gasteiger partial charge on any atom is 0.250 e. The Balaban J connectivity index is 1.44. The van der Waals surface area contributed by atoms with Gasteiger partial charge in [0.15, 0.2) is 0 Å². The molecule has 2 aliphatic rings. The molecule has 2 fully saturated rings. The number of aromatic nitrogens is 4. The largest absolute Gasteiger partial charge is 0.341 e. The van der Waals surface area contributed by atoms with Crippen molar-refractivity contribution in [3.8, 4) is 0 Å². The number of rotatable bonds is 4. The van der Waals surface area contributed by atoms with E-state index in [1.807, 2.05) is 9.80 Å². The van der Waals surface area contributed by atoms with Crippen LogP contribution in [0, 0.1) is 5.92 Å². The number of hydrogen-bond acceptors (Lipinski definition) is 5. The summed E-state index contributed by atoms with van der Waals surface area (Å²) in [6.45, 7) is 3.48. The fourth-order valence-corrected chi connectivity index (χ4v) is 4.61. The second-order valence-electron chi connectivity index (χ2n) is 7.56. The highest BCUT2D eigenvalue weighted by Gasteiger charge is 2.45. The highest BCUT2D eigenvalue weighted by Crippen LogP contribution is 2.36. The molecule has 2 aromatic rings. The molecule has 0 unspecified atom stereocenters. The lowest BCUT2D eigenvalue weighted by atomic mass is 9.92. The van der Waals surface area contributed by atoms with Gasteiger partial charge in [0, 0.05) is 38.3 Å². The summed E-state index contributed by atoms with van der Waals surface area (Å²) >= 11 is 0.